The van der Waals surface area contributed by atoms with E-state index in [1.807, 2.05) is 0 Å². The molecule has 0 saturated heterocycles. The Morgan fingerprint density at radius 1 is 1.32 bits per heavy atom. The molecule has 1 aromatic heterocycles. The van der Waals surface area contributed by atoms with E-state index in [0.29, 0.717) is 0 Å². The fourth-order valence-corrected chi connectivity index (χ4v) is 3.22. The molecule has 0 aliphatic carbocycles. The molecule has 2 rings (SSSR count). The lowest BCUT2D eigenvalue weighted by Gasteiger charge is -2.09. The molecule has 0 spiro atoms. The summed E-state index contributed by atoms with van der Waals surface area (Å²) in [5.74, 6) is -0.916. The molecule has 100 valence electrons. The number of anilines is 2. The van der Waals surface area contributed by atoms with Crippen molar-refractivity contribution in [2.45, 2.75) is 4.90 Å². The molecule has 0 radical (unpaired) electrons. The molecule has 0 unspecified atom stereocenters. The number of hydrogen-bond acceptors (Lipinski definition) is 6. The number of benzene rings is 1. The Hall–Kier alpha value is -1.81. The number of sulfonamides is 1. The van der Waals surface area contributed by atoms with Crippen LogP contribution in [0.1, 0.15) is 0 Å². The number of nitrogen functional groups attached to an aromatic ring is 1. The number of nitrogens with zero attached hydrogens (tertiary/aromatic N) is 3. The van der Waals surface area contributed by atoms with Crippen molar-refractivity contribution in [1.82, 2.24) is 15.2 Å². The summed E-state index contributed by atoms with van der Waals surface area (Å²) >= 11 is 2.96. The third kappa shape index (κ3) is 2.96. The standard InChI is InChI=1S/C9H7BrFN5O2S/c10-5-3-6(11)7(12)4-8(5)19(17,18)16-9-13-1-2-14-15-9/h1-4H,12H2,(H,13,15,16). The average molecular weight is 348 g/mol. The van der Waals surface area contributed by atoms with Crippen LogP contribution in [0.3, 0.4) is 0 Å². The Bertz CT molecular complexity index is 710. The van der Waals surface area contributed by atoms with E-state index in [4.69, 9.17) is 5.73 Å². The van der Waals surface area contributed by atoms with Gasteiger partial charge in [-0.2, -0.15) is 5.10 Å². The van der Waals surface area contributed by atoms with E-state index in [2.05, 4.69) is 35.8 Å². The van der Waals surface area contributed by atoms with Gasteiger partial charge in [0.2, 0.25) is 0 Å². The Morgan fingerprint density at radius 2 is 2.05 bits per heavy atom. The van der Waals surface area contributed by atoms with Crippen LogP contribution in [0.5, 0.6) is 0 Å². The maximum atomic E-state index is 13.2. The Labute approximate surface area is 116 Å². The topological polar surface area (TPSA) is 111 Å². The Morgan fingerprint density at radius 3 is 2.68 bits per heavy atom. The first-order valence-electron chi connectivity index (χ1n) is 4.81. The number of hydrogen-bond donors (Lipinski definition) is 2. The van der Waals surface area contributed by atoms with Crippen molar-refractivity contribution in [3.05, 3.63) is 34.8 Å². The number of nitrogens with two attached hydrogens (primary N) is 1. The van der Waals surface area contributed by atoms with Crippen LogP contribution in [-0.4, -0.2) is 23.6 Å². The highest BCUT2D eigenvalue weighted by atomic mass is 79.9. The van der Waals surface area contributed by atoms with Crippen molar-refractivity contribution in [3.63, 3.8) is 0 Å². The van der Waals surface area contributed by atoms with E-state index in [-0.39, 0.29) is 21.0 Å². The predicted molar refractivity (Wildman–Crippen MR) is 69.1 cm³/mol. The van der Waals surface area contributed by atoms with Gasteiger partial charge in [-0.3, -0.25) is 0 Å². The summed E-state index contributed by atoms with van der Waals surface area (Å²) in [5, 5.41) is 6.97. The van der Waals surface area contributed by atoms with Crippen molar-refractivity contribution in [2.75, 3.05) is 10.5 Å². The number of aromatic nitrogens is 3. The fourth-order valence-electron chi connectivity index (χ4n) is 1.22. The minimum atomic E-state index is -3.99. The van der Waals surface area contributed by atoms with Gasteiger partial charge in [0.25, 0.3) is 16.0 Å². The summed E-state index contributed by atoms with van der Waals surface area (Å²) in [7, 11) is -3.99. The lowest BCUT2D eigenvalue weighted by molar-refractivity contribution is 0.598. The van der Waals surface area contributed by atoms with Crippen LogP contribution >= 0.6 is 15.9 Å². The monoisotopic (exact) mass is 347 g/mol. The maximum Gasteiger partial charge on any atom is 0.265 e. The second-order valence-corrected chi connectivity index (χ2v) is 5.88. The molecule has 0 saturated carbocycles. The van der Waals surface area contributed by atoms with E-state index < -0.39 is 15.8 Å². The molecule has 0 bridgehead atoms. The lowest BCUT2D eigenvalue weighted by atomic mass is 10.3. The molecular formula is C9H7BrFN5O2S. The molecule has 0 aliphatic rings. The van der Waals surface area contributed by atoms with Gasteiger partial charge in [-0.15, -0.1) is 5.10 Å². The van der Waals surface area contributed by atoms with Crippen molar-refractivity contribution in [2.24, 2.45) is 0 Å². The molecule has 1 aromatic carbocycles. The van der Waals surface area contributed by atoms with Gasteiger partial charge >= 0.3 is 0 Å². The highest BCUT2D eigenvalue weighted by Crippen LogP contribution is 2.27. The summed E-state index contributed by atoms with van der Waals surface area (Å²) in [5.41, 5.74) is 5.07. The van der Waals surface area contributed by atoms with Gasteiger partial charge in [0.1, 0.15) is 10.7 Å². The molecule has 0 aliphatic heterocycles. The van der Waals surface area contributed by atoms with E-state index in [1.165, 1.54) is 12.4 Å². The number of halogens is 2. The predicted octanol–water partition coefficient (Wildman–Crippen LogP) is 1.16. The molecule has 1 heterocycles. The first-order valence-corrected chi connectivity index (χ1v) is 7.09. The van der Waals surface area contributed by atoms with Crippen LogP contribution < -0.4 is 10.5 Å². The van der Waals surface area contributed by atoms with E-state index in [0.717, 1.165) is 12.1 Å². The van der Waals surface area contributed by atoms with E-state index in [1.54, 1.807) is 0 Å². The second kappa shape index (κ2) is 5.05. The summed E-state index contributed by atoms with van der Waals surface area (Å²) < 4.78 is 39.4. The van der Waals surface area contributed by atoms with E-state index in [9.17, 15) is 12.8 Å². The number of nitrogens with one attached hydrogen (secondary N) is 1. The number of rotatable bonds is 3. The molecule has 3 N–H and O–H groups in total. The minimum absolute atomic E-state index is 0.0376. The molecule has 2 aromatic rings. The molecule has 0 atom stereocenters. The third-order valence-electron chi connectivity index (χ3n) is 2.05. The zero-order chi connectivity index (χ0) is 14.0. The first-order chi connectivity index (χ1) is 8.90. The van der Waals surface area contributed by atoms with Crippen molar-refractivity contribution < 1.29 is 12.8 Å². The minimum Gasteiger partial charge on any atom is -0.396 e. The largest absolute Gasteiger partial charge is 0.396 e. The molecule has 7 nitrogen and oxygen atoms in total. The SMILES string of the molecule is Nc1cc(S(=O)(=O)Nc2nccnn2)c(Br)cc1F. The van der Waals surface area contributed by atoms with Gasteiger partial charge in [0.05, 0.1) is 18.1 Å². The van der Waals surface area contributed by atoms with Crippen LogP contribution in [0.25, 0.3) is 0 Å². The average Bonchev–Trinajstić information content (AvgIpc) is 2.34. The quantitative estimate of drug-likeness (QED) is 0.805. The van der Waals surface area contributed by atoms with Crippen LogP contribution in [0.4, 0.5) is 16.0 Å². The maximum absolute atomic E-state index is 13.2. The highest BCUT2D eigenvalue weighted by molar-refractivity contribution is 9.10. The molecule has 10 heteroatoms. The summed E-state index contributed by atoms with van der Waals surface area (Å²) in [6.45, 7) is 0. The first kappa shape index (κ1) is 13.6. The highest BCUT2D eigenvalue weighted by Gasteiger charge is 2.21. The van der Waals surface area contributed by atoms with Crippen LogP contribution in [0, 0.1) is 5.82 Å². The van der Waals surface area contributed by atoms with Crippen LogP contribution in [0.15, 0.2) is 33.9 Å². The van der Waals surface area contributed by atoms with E-state index >= 15 is 0 Å². The van der Waals surface area contributed by atoms with Gasteiger partial charge in [-0.25, -0.2) is 22.5 Å². The summed E-state index contributed by atoms with van der Waals surface area (Å²) in [4.78, 5) is 3.45. The van der Waals surface area contributed by atoms with Crippen LogP contribution in [0.2, 0.25) is 0 Å². The van der Waals surface area contributed by atoms with Gasteiger partial charge in [-0.05, 0) is 28.1 Å². The summed E-state index contributed by atoms with van der Waals surface area (Å²) in [6.07, 6.45) is 2.57. The molecule has 19 heavy (non-hydrogen) atoms. The Kier molecular flexibility index (Phi) is 3.62. The lowest BCUT2D eigenvalue weighted by Crippen LogP contribution is -2.16. The van der Waals surface area contributed by atoms with Gasteiger partial charge in [-0.1, -0.05) is 0 Å². The van der Waals surface area contributed by atoms with Crippen molar-refractivity contribution >= 4 is 37.6 Å². The normalized spacial score (nSPS) is 11.3. The zero-order valence-corrected chi connectivity index (χ0v) is 11.6. The molecule has 0 amide bonds. The van der Waals surface area contributed by atoms with Crippen LogP contribution in [-0.2, 0) is 10.0 Å². The van der Waals surface area contributed by atoms with Crippen molar-refractivity contribution in [3.8, 4) is 0 Å². The summed E-state index contributed by atoms with van der Waals surface area (Å²) in [6, 6.07) is 1.96. The van der Waals surface area contributed by atoms with Gasteiger partial charge in [0, 0.05) is 4.47 Å². The van der Waals surface area contributed by atoms with Gasteiger partial charge < -0.3 is 5.73 Å². The van der Waals surface area contributed by atoms with Gasteiger partial charge in [0.15, 0.2) is 0 Å². The second-order valence-electron chi connectivity index (χ2n) is 3.38. The zero-order valence-electron chi connectivity index (χ0n) is 9.21. The fraction of sp³-hybridized carbons (Fsp3) is 0. The Balaban J connectivity index is 2.43. The molecular weight excluding hydrogens is 341 g/mol. The van der Waals surface area contributed by atoms with Crippen molar-refractivity contribution in [1.29, 1.82) is 0 Å². The molecule has 0 fully saturated rings. The third-order valence-corrected chi connectivity index (χ3v) is 4.34. The smallest absolute Gasteiger partial charge is 0.265 e.